The van der Waals surface area contributed by atoms with Crippen molar-refractivity contribution >= 4 is 100.0 Å². The molecule has 0 bridgehead atoms. The third-order valence-electron chi connectivity index (χ3n) is 22.1. The van der Waals surface area contributed by atoms with Crippen LogP contribution in [0.25, 0.3) is 0 Å². The van der Waals surface area contributed by atoms with Crippen LogP contribution >= 0.6 is 7.26 Å². The van der Waals surface area contributed by atoms with Gasteiger partial charge in [0.2, 0.25) is 76.8 Å². The first-order chi connectivity index (χ1) is 55.0. The lowest BCUT2D eigenvalue weighted by Gasteiger charge is -2.44. The van der Waals surface area contributed by atoms with E-state index < -0.39 is 169 Å². The van der Waals surface area contributed by atoms with E-state index >= 15 is 24.3 Å². The molecular formula is C89H140N13O14P. The third-order valence-corrected chi connectivity index (χ3v) is 26.5. The van der Waals surface area contributed by atoms with Crippen LogP contribution in [0, 0.1) is 41.4 Å². The molecule has 4 rings (SSSR count). The molecule has 1 fully saturated rings. The predicted octanol–water partition coefficient (Wildman–Crippen LogP) is 5.79. The average molecular weight is 1650 g/mol. The maximum absolute atomic E-state index is 15.5. The van der Waals surface area contributed by atoms with E-state index in [0.717, 1.165) is 29.1 Å². The van der Waals surface area contributed by atoms with E-state index in [0.29, 0.717) is 32.1 Å². The zero-order chi connectivity index (χ0) is 88.0. The van der Waals surface area contributed by atoms with Crippen LogP contribution in [0.1, 0.15) is 181 Å². The minimum Gasteiger partial charge on any atom is -0.850 e. The van der Waals surface area contributed by atoms with E-state index in [1.54, 1.807) is 41.5 Å². The van der Waals surface area contributed by atoms with E-state index in [2.05, 4.69) is 105 Å². The number of carbonyl (C=O) groups is 13. The van der Waals surface area contributed by atoms with Gasteiger partial charge in [-0.15, -0.1) is 0 Å². The van der Waals surface area contributed by atoms with E-state index in [9.17, 15) is 43.2 Å². The molecule has 0 spiro atoms. The van der Waals surface area contributed by atoms with Crippen molar-refractivity contribution < 1.29 is 67.4 Å². The van der Waals surface area contributed by atoms with Gasteiger partial charge >= 0.3 is 0 Å². The quantitative estimate of drug-likeness (QED) is 0.0272. The van der Waals surface area contributed by atoms with Crippen LogP contribution in [-0.4, -0.2) is 253 Å². The van der Waals surface area contributed by atoms with Gasteiger partial charge in [-0.3, -0.25) is 62.3 Å². The highest BCUT2D eigenvalue weighted by atomic mass is 31.2. The summed E-state index contributed by atoms with van der Waals surface area (Å²) in [6.45, 7) is 27.9. The summed E-state index contributed by atoms with van der Waals surface area (Å²) in [5.74, 6) is -11.5. The Morgan fingerprint density at radius 1 is 0.462 bits per heavy atom. The number of rotatable bonds is 29. The van der Waals surface area contributed by atoms with Gasteiger partial charge < -0.3 is 71.3 Å². The van der Waals surface area contributed by atoms with E-state index in [-0.39, 0.29) is 68.1 Å². The average Bonchev–Trinajstić information content (AvgIpc) is 0.759. The minimum absolute atomic E-state index is 0.0176. The number of hydrogen-bond acceptors (Lipinski definition) is 14. The molecule has 1 aliphatic rings. The van der Waals surface area contributed by atoms with E-state index in [1.807, 2.05) is 73.6 Å². The fourth-order valence-electron chi connectivity index (χ4n) is 15.0. The number of nitrogens with one attached hydrogen (secondary N) is 6. The fourth-order valence-corrected chi connectivity index (χ4v) is 19.3. The van der Waals surface area contributed by atoms with Gasteiger partial charge in [-0.2, -0.15) is 0 Å². The lowest BCUT2D eigenvalue weighted by atomic mass is 9.91. The van der Waals surface area contributed by atoms with Crippen molar-refractivity contribution in [2.45, 2.75) is 248 Å². The summed E-state index contributed by atoms with van der Waals surface area (Å²) in [6.07, 6.45) is 5.18. The van der Waals surface area contributed by atoms with Crippen LogP contribution in [0.15, 0.2) is 103 Å². The zero-order valence-electron chi connectivity index (χ0n) is 74.1. The second kappa shape index (κ2) is 48.1. The summed E-state index contributed by atoms with van der Waals surface area (Å²) in [7, 11) is 7.51. The smallest absolute Gasteiger partial charge is 0.246 e. The van der Waals surface area contributed by atoms with Crippen LogP contribution < -0.4 is 52.9 Å². The number of benzene rings is 3. The number of carbonyl (C=O) groups excluding carboxylic acids is 13. The fraction of sp³-hybridized carbons (Fsp3) is 0.629. The van der Waals surface area contributed by atoms with Crippen molar-refractivity contribution in [2.24, 2.45) is 41.4 Å². The Morgan fingerprint density at radius 3 is 1.34 bits per heavy atom. The number of amides is 13. The second-order valence-electron chi connectivity index (χ2n) is 34.2. The zero-order valence-corrected chi connectivity index (χ0v) is 75.0. The number of nitrogens with zero attached hydrogens (tertiary/aromatic N) is 7. The van der Waals surface area contributed by atoms with Crippen LogP contribution in [0.2, 0.25) is 0 Å². The molecule has 6 N–H and O–H groups in total. The van der Waals surface area contributed by atoms with Gasteiger partial charge in [0, 0.05) is 62.4 Å². The first-order valence-electron chi connectivity index (χ1n) is 41.9. The molecule has 3 aromatic rings. The maximum atomic E-state index is 15.5. The molecule has 27 nitrogen and oxygen atoms in total. The molecule has 650 valence electrons. The lowest BCUT2D eigenvalue weighted by Crippen LogP contribution is -2.65. The third kappa shape index (κ3) is 28.9. The van der Waals surface area contributed by atoms with E-state index in [1.165, 1.54) is 116 Å². The van der Waals surface area contributed by atoms with Gasteiger partial charge in [0.1, 0.15) is 77.6 Å². The molecule has 28 heteroatoms. The first kappa shape index (κ1) is 100. The molecule has 12 atom stereocenters. The Labute approximate surface area is 697 Å². The standard InChI is InChI=1S/C89H140N13O14P/c1-24-68-85(112)96(17)55-75(105)97(18)69(51-56(2)3)82(109)95-76(60(10)11)88(115)98(19)70(52-57(4)5)81(108)92-63(15)80(107)93-64(16)84(111)99(20)71(53-58(6)7)86(113)100(21)72(54-59(8)9)87(114)101(22)77(61(12)13)89(116)102(23)78(83(110)94-68)79(106)62(14)39-38-46-73(103)90-48-36-25-26-37-49-91-74(104)47-50-117(65-40-30-27-31-41-65,66-42-32-28-33-43-66)67-44-34-29-35-45-67/h27-35,38,40-46,56-64,68-72,76-79H,24-26,36-37,39,47-55H2,1-23H3,(H,90,103)(H,91,104)(H,92,108)(H,93,107)(H,94,110)(H,95,109)/b46-38+/t62-,63+,64-,68+,69+,70+,71+,72+,76+,77+,78+,79-/m1/s1. The first-order valence-corrected chi connectivity index (χ1v) is 43.9. The molecule has 0 aromatic heterocycles. The molecule has 1 saturated heterocycles. The molecule has 117 heavy (non-hydrogen) atoms. The monoisotopic (exact) mass is 1650 g/mol. The summed E-state index contributed by atoms with van der Waals surface area (Å²) in [6, 6.07) is 18.1. The Bertz CT molecular complexity index is 3690. The summed E-state index contributed by atoms with van der Waals surface area (Å²) < 4.78 is 0. The number of allylic oxidation sites excluding steroid dienone is 1. The van der Waals surface area contributed by atoms with Crippen molar-refractivity contribution in [1.29, 1.82) is 0 Å². The topological polar surface area (TPSA) is 340 Å². The van der Waals surface area contributed by atoms with Crippen LogP contribution in [-0.2, 0) is 62.3 Å². The Kier molecular flexibility index (Phi) is 41.2. The molecular weight excluding hydrogens is 1510 g/mol. The normalized spacial score (nSPS) is 22.7. The van der Waals surface area contributed by atoms with E-state index in [4.69, 9.17) is 0 Å². The Hall–Kier alpha value is -9.10. The van der Waals surface area contributed by atoms with Gasteiger partial charge in [-0.1, -0.05) is 182 Å². The summed E-state index contributed by atoms with van der Waals surface area (Å²) in [4.78, 5) is 198. The lowest BCUT2D eigenvalue weighted by molar-refractivity contribution is -0.439. The molecule has 0 saturated carbocycles. The molecule has 0 aliphatic carbocycles. The molecule has 13 amide bonds. The van der Waals surface area contributed by atoms with Gasteiger partial charge in [-0.25, -0.2) is 0 Å². The predicted molar refractivity (Wildman–Crippen MR) is 460 cm³/mol. The summed E-state index contributed by atoms with van der Waals surface area (Å²) in [5, 5.41) is 35.9. The van der Waals surface area contributed by atoms with Crippen LogP contribution in [0.5, 0.6) is 0 Å². The van der Waals surface area contributed by atoms with Crippen LogP contribution in [0.3, 0.4) is 0 Å². The van der Waals surface area contributed by atoms with Gasteiger partial charge in [0.15, 0.2) is 0 Å². The van der Waals surface area contributed by atoms with Crippen LogP contribution in [0.4, 0.5) is 0 Å². The molecule has 0 unspecified atom stereocenters. The van der Waals surface area contributed by atoms with Crippen molar-refractivity contribution in [3.63, 3.8) is 0 Å². The molecule has 1 heterocycles. The van der Waals surface area contributed by atoms with Crippen molar-refractivity contribution in [3.05, 3.63) is 103 Å². The highest BCUT2D eigenvalue weighted by Gasteiger charge is 2.47. The minimum atomic E-state index is -2.18. The van der Waals surface area contributed by atoms with Crippen molar-refractivity contribution in [2.75, 3.05) is 75.1 Å². The Balaban J connectivity index is 1.67. The number of hydrogen-bond donors (Lipinski definition) is 6. The maximum Gasteiger partial charge on any atom is 0.246 e. The van der Waals surface area contributed by atoms with Gasteiger partial charge in [-0.05, 0) is 143 Å². The number of unbranched alkanes of at least 4 members (excludes halogenated alkanes) is 3. The van der Waals surface area contributed by atoms with Crippen molar-refractivity contribution in [1.82, 2.24) is 66.2 Å². The van der Waals surface area contributed by atoms with Gasteiger partial charge in [0.05, 0.1) is 25.2 Å². The molecule has 1 aliphatic heterocycles. The summed E-state index contributed by atoms with van der Waals surface area (Å²) in [5.41, 5.74) is 0. The molecule has 3 aromatic carbocycles. The summed E-state index contributed by atoms with van der Waals surface area (Å²) >= 11 is 0. The second-order valence-corrected chi connectivity index (χ2v) is 37.9. The highest BCUT2D eigenvalue weighted by Crippen LogP contribution is 2.55. The molecule has 0 radical (unpaired) electrons. The largest absolute Gasteiger partial charge is 0.850 e. The Morgan fingerprint density at radius 2 is 0.880 bits per heavy atom. The van der Waals surface area contributed by atoms with Gasteiger partial charge in [0.25, 0.3) is 0 Å². The SMILES string of the molecule is CC[C@@H]1NC(=O)[C@H]([C@H]([O-])[C@H](C)C/C=C/C(=O)NCCCCCCNC(=O)CC[P+](c2ccccc2)(c2ccccc2)c2ccccc2)N(C)C(=O)[C@H](C(C)C)N(C)C(=O)[C@H](CC(C)C)N(C)C(=O)[C@H](CC(C)C)N(C)C(=O)[C@@H](C)NC(=O)[C@H](C)NC(=O)[C@H](CC(C)C)N(C)C(=O)[C@H](C(C)C)NC(=O)[C@H](CC(C)C)N(C)C(=O)CN(C)C1=O. The highest BCUT2D eigenvalue weighted by molar-refractivity contribution is 7.95. The number of likely N-dealkylation sites (N-methyl/N-ethyl adjacent to an activating group) is 7. The van der Waals surface area contributed by atoms with Crippen molar-refractivity contribution in [3.8, 4) is 0 Å².